The molecule has 0 saturated heterocycles. The molecule has 0 fully saturated rings. The summed E-state index contributed by atoms with van der Waals surface area (Å²) in [5.74, 6) is 0.737. The summed E-state index contributed by atoms with van der Waals surface area (Å²) < 4.78 is 5.61. The molecule has 2 rings (SSSR count). The van der Waals surface area contributed by atoms with Gasteiger partial charge in [-0.1, -0.05) is 32.0 Å². The average Bonchev–Trinajstić information content (AvgIpc) is 2.60. The summed E-state index contributed by atoms with van der Waals surface area (Å²) in [6.45, 7) is 8.47. The van der Waals surface area contributed by atoms with Gasteiger partial charge in [0.25, 0.3) is 0 Å². The van der Waals surface area contributed by atoms with Crippen LogP contribution >= 0.6 is 0 Å². The van der Waals surface area contributed by atoms with Gasteiger partial charge in [-0.3, -0.25) is 4.79 Å². The van der Waals surface area contributed by atoms with E-state index in [4.69, 9.17) is 4.74 Å². The Balaban J connectivity index is 1.95. The van der Waals surface area contributed by atoms with Crippen LogP contribution in [0.1, 0.15) is 38.8 Å². The van der Waals surface area contributed by atoms with Crippen molar-refractivity contribution in [1.82, 2.24) is 0 Å². The van der Waals surface area contributed by atoms with Crippen LogP contribution in [0.15, 0.2) is 42.5 Å². The highest BCUT2D eigenvalue weighted by molar-refractivity contribution is 5.94. The number of amides is 1. The van der Waals surface area contributed by atoms with Crippen molar-refractivity contribution in [2.75, 3.05) is 17.2 Å². The van der Waals surface area contributed by atoms with Crippen LogP contribution in [-0.4, -0.2) is 18.6 Å². The Morgan fingerprint density at radius 1 is 1.00 bits per heavy atom. The molecule has 25 heavy (non-hydrogen) atoms. The van der Waals surface area contributed by atoms with Gasteiger partial charge in [-0.2, -0.15) is 0 Å². The normalized spacial score (nSPS) is 10.6. The Bertz CT molecular complexity index is 671. The molecule has 134 valence electrons. The minimum absolute atomic E-state index is 0.0644. The molecule has 0 saturated carbocycles. The van der Waals surface area contributed by atoms with Crippen LogP contribution in [0, 0.1) is 0 Å². The molecule has 0 aromatic heterocycles. The number of hydrogen-bond acceptors (Lipinski definition) is 3. The minimum Gasteiger partial charge on any atom is -0.491 e. The average molecular weight is 340 g/mol. The second kappa shape index (κ2) is 9.11. The van der Waals surface area contributed by atoms with E-state index in [-0.39, 0.29) is 18.6 Å². The fraction of sp³-hybridized carbons (Fsp3) is 0.381. The number of ether oxygens (including phenoxy) is 1. The van der Waals surface area contributed by atoms with Gasteiger partial charge >= 0.3 is 0 Å². The maximum absolute atomic E-state index is 12.2. The number of carbonyl (C=O) groups is 1. The summed E-state index contributed by atoms with van der Waals surface area (Å²) >= 11 is 0. The van der Waals surface area contributed by atoms with Gasteiger partial charge in [0.15, 0.2) is 0 Å². The molecule has 0 spiro atoms. The zero-order valence-electron chi connectivity index (χ0n) is 15.6. The summed E-state index contributed by atoms with van der Waals surface area (Å²) in [4.78, 5) is 12.2. The largest absolute Gasteiger partial charge is 0.491 e. The first-order valence-corrected chi connectivity index (χ1v) is 8.94. The van der Waals surface area contributed by atoms with Gasteiger partial charge in [0.2, 0.25) is 5.91 Å². The quantitative estimate of drug-likeness (QED) is 0.735. The minimum atomic E-state index is -0.0644. The third-order valence-electron chi connectivity index (χ3n) is 3.93. The SMILES string of the molecule is CCc1cccc(CC)c1NCC(=O)Nc1ccc(OC(C)C)cc1. The first-order valence-electron chi connectivity index (χ1n) is 8.94. The number of rotatable bonds is 8. The van der Waals surface area contributed by atoms with Crippen molar-refractivity contribution in [3.63, 3.8) is 0 Å². The molecule has 2 aromatic rings. The summed E-state index contributed by atoms with van der Waals surface area (Å²) in [7, 11) is 0. The van der Waals surface area contributed by atoms with Crippen LogP contribution in [0.2, 0.25) is 0 Å². The van der Waals surface area contributed by atoms with E-state index in [1.165, 1.54) is 11.1 Å². The topological polar surface area (TPSA) is 50.4 Å². The van der Waals surface area contributed by atoms with E-state index in [0.29, 0.717) is 0 Å². The Labute approximate surface area is 150 Å². The van der Waals surface area contributed by atoms with Crippen molar-refractivity contribution in [2.24, 2.45) is 0 Å². The van der Waals surface area contributed by atoms with E-state index >= 15 is 0 Å². The van der Waals surface area contributed by atoms with Gasteiger partial charge in [0, 0.05) is 11.4 Å². The number of hydrogen-bond donors (Lipinski definition) is 2. The van der Waals surface area contributed by atoms with Gasteiger partial charge in [-0.15, -0.1) is 0 Å². The van der Waals surface area contributed by atoms with Gasteiger partial charge in [-0.25, -0.2) is 0 Å². The lowest BCUT2D eigenvalue weighted by molar-refractivity contribution is -0.114. The highest BCUT2D eigenvalue weighted by atomic mass is 16.5. The van der Waals surface area contributed by atoms with Crippen LogP contribution in [0.4, 0.5) is 11.4 Å². The number of nitrogens with one attached hydrogen (secondary N) is 2. The second-order valence-electron chi connectivity index (χ2n) is 6.25. The molecule has 2 aromatic carbocycles. The summed E-state index contributed by atoms with van der Waals surface area (Å²) in [5, 5.41) is 6.22. The van der Waals surface area contributed by atoms with Crippen LogP contribution in [0.3, 0.4) is 0 Å². The lowest BCUT2D eigenvalue weighted by atomic mass is 10.0. The zero-order valence-corrected chi connectivity index (χ0v) is 15.6. The number of para-hydroxylation sites is 1. The molecule has 0 aliphatic carbocycles. The Morgan fingerprint density at radius 3 is 2.12 bits per heavy atom. The van der Waals surface area contributed by atoms with Crippen molar-refractivity contribution in [2.45, 2.75) is 46.6 Å². The van der Waals surface area contributed by atoms with E-state index in [0.717, 1.165) is 30.0 Å². The molecule has 0 bridgehead atoms. The maximum atomic E-state index is 12.2. The molecular weight excluding hydrogens is 312 g/mol. The van der Waals surface area contributed by atoms with E-state index in [9.17, 15) is 4.79 Å². The lowest BCUT2D eigenvalue weighted by Gasteiger charge is -2.15. The number of benzene rings is 2. The molecule has 0 aliphatic heterocycles. The van der Waals surface area contributed by atoms with Gasteiger partial charge < -0.3 is 15.4 Å². The molecule has 0 unspecified atom stereocenters. The van der Waals surface area contributed by atoms with E-state index < -0.39 is 0 Å². The van der Waals surface area contributed by atoms with Crippen LogP contribution < -0.4 is 15.4 Å². The summed E-state index contributed by atoms with van der Waals surface area (Å²) in [5.41, 5.74) is 4.33. The van der Waals surface area contributed by atoms with Crippen molar-refractivity contribution in [3.8, 4) is 5.75 Å². The first kappa shape index (κ1) is 18.8. The summed E-state index contributed by atoms with van der Waals surface area (Å²) in [6, 6.07) is 13.7. The highest BCUT2D eigenvalue weighted by Crippen LogP contribution is 2.22. The molecule has 4 nitrogen and oxygen atoms in total. The Kier molecular flexibility index (Phi) is 6.87. The lowest BCUT2D eigenvalue weighted by Crippen LogP contribution is -2.22. The fourth-order valence-corrected chi connectivity index (χ4v) is 2.73. The molecule has 1 amide bonds. The smallest absolute Gasteiger partial charge is 0.243 e. The van der Waals surface area contributed by atoms with Gasteiger partial charge in [0.05, 0.1) is 12.6 Å². The molecule has 0 aliphatic rings. The van der Waals surface area contributed by atoms with Crippen LogP contribution in [0.25, 0.3) is 0 Å². The highest BCUT2D eigenvalue weighted by Gasteiger charge is 2.08. The molecule has 0 atom stereocenters. The molecule has 4 heteroatoms. The van der Waals surface area contributed by atoms with Crippen molar-refractivity contribution in [1.29, 1.82) is 0 Å². The Morgan fingerprint density at radius 2 is 1.60 bits per heavy atom. The van der Waals surface area contributed by atoms with E-state index in [1.54, 1.807) is 0 Å². The molecule has 0 heterocycles. The molecule has 2 N–H and O–H groups in total. The molecule has 0 radical (unpaired) electrons. The van der Waals surface area contributed by atoms with Gasteiger partial charge in [-0.05, 0) is 62.1 Å². The second-order valence-corrected chi connectivity index (χ2v) is 6.25. The van der Waals surface area contributed by atoms with Crippen LogP contribution in [0.5, 0.6) is 5.75 Å². The van der Waals surface area contributed by atoms with Crippen molar-refractivity contribution in [3.05, 3.63) is 53.6 Å². The Hall–Kier alpha value is -2.49. The number of aryl methyl sites for hydroxylation is 2. The summed E-state index contributed by atoms with van der Waals surface area (Å²) in [6.07, 6.45) is 2.01. The van der Waals surface area contributed by atoms with Gasteiger partial charge in [0.1, 0.15) is 5.75 Å². The van der Waals surface area contributed by atoms with Crippen molar-refractivity contribution < 1.29 is 9.53 Å². The van der Waals surface area contributed by atoms with E-state index in [1.807, 2.05) is 38.1 Å². The van der Waals surface area contributed by atoms with E-state index in [2.05, 4.69) is 42.7 Å². The first-order chi connectivity index (χ1) is 12.0. The number of carbonyl (C=O) groups excluding carboxylic acids is 1. The number of anilines is 2. The maximum Gasteiger partial charge on any atom is 0.243 e. The fourth-order valence-electron chi connectivity index (χ4n) is 2.73. The predicted molar refractivity (Wildman–Crippen MR) is 105 cm³/mol. The van der Waals surface area contributed by atoms with Crippen LogP contribution in [-0.2, 0) is 17.6 Å². The standard InChI is InChI=1S/C21H28N2O2/c1-5-16-8-7-9-17(6-2)21(16)22-14-20(24)23-18-10-12-19(13-11-18)25-15(3)4/h7-13,15,22H,5-6,14H2,1-4H3,(H,23,24). The third-order valence-corrected chi connectivity index (χ3v) is 3.93. The predicted octanol–water partition coefficient (Wildman–Crippen LogP) is 4.65. The zero-order chi connectivity index (χ0) is 18.2. The molecular formula is C21H28N2O2. The third kappa shape index (κ3) is 5.52. The monoisotopic (exact) mass is 340 g/mol. The van der Waals surface area contributed by atoms with Crippen molar-refractivity contribution >= 4 is 17.3 Å².